The van der Waals surface area contributed by atoms with Crippen LogP contribution in [0, 0.1) is 10.1 Å². The number of nitrogens with zero attached hydrogens (tertiary/aromatic N) is 3. The number of rotatable bonds is 6. The lowest BCUT2D eigenvalue weighted by Gasteiger charge is -2.39. The van der Waals surface area contributed by atoms with Gasteiger partial charge in [-0.1, -0.05) is 12.1 Å². The molecule has 0 aliphatic carbocycles. The average Bonchev–Trinajstić information content (AvgIpc) is 2.60. The molecule has 0 saturated carbocycles. The second-order valence-corrected chi connectivity index (χ2v) is 9.68. The first-order valence-corrected chi connectivity index (χ1v) is 10.6. The summed E-state index contributed by atoms with van der Waals surface area (Å²) in [5.74, 6) is 0.753. The van der Waals surface area contributed by atoms with Crippen LogP contribution in [0.15, 0.2) is 29.3 Å². The molecule has 1 aliphatic heterocycles. The van der Waals surface area contributed by atoms with Crippen molar-refractivity contribution in [1.82, 2.24) is 10.2 Å². The van der Waals surface area contributed by atoms with Gasteiger partial charge in [0, 0.05) is 32.2 Å². The molecule has 1 aromatic rings. The van der Waals surface area contributed by atoms with Gasteiger partial charge < -0.3 is 15.5 Å². The minimum atomic E-state index is -3.12. The number of nitrogens with one attached hydrogen (secondary N) is 2. The molecule has 1 heterocycles. The Balaban J connectivity index is 0.00000392. The summed E-state index contributed by atoms with van der Waals surface area (Å²) in [5, 5.41) is 17.3. The number of hydrogen-bond acceptors (Lipinski definition) is 6. The van der Waals surface area contributed by atoms with E-state index in [0.717, 1.165) is 0 Å². The maximum absolute atomic E-state index is 12.2. The second kappa shape index (κ2) is 10.2. The Morgan fingerprint density at radius 1 is 1.36 bits per heavy atom. The molecule has 0 atom stereocenters. The fourth-order valence-electron chi connectivity index (χ4n) is 2.89. The number of anilines is 1. The van der Waals surface area contributed by atoms with Gasteiger partial charge in [0.15, 0.2) is 15.8 Å². The number of nitro benzene ring substituents is 1. The lowest BCUT2D eigenvalue weighted by molar-refractivity contribution is -0.384. The lowest BCUT2D eigenvalue weighted by atomic mass is 10.2. The summed E-state index contributed by atoms with van der Waals surface area (Å²) in [6.45, 7) is 7.68. The molecule has 0 bridgehead atoms. The van der Waals surface area contributed by atoms with Crippen LogP contribution in [0.1, 0.15) is 20.8 Å². The summed E-state index contributed by atoms with van der Waals surface area (Å²) in [4.78, 5) is 17.1. The lowest BCUT2D eigenvalue weighted by Crippen LogP contribution is -2.57. The van der Waals surface area contributed by atoms with E-state index in [0.29, 0.717) is 44.4 Å². The van der Waals surface area contributed by atoms with E-state index >= 15 is 0 Å². The van der Waals surface area contributed by atoms with Crippen LogP contribution in [-0.4, -0.2) is 67.4 Å². The van der Waals surface area contributed by atoms with Crippen molar-refractivity contribution in [1.29, 1.82) is 0 Å². The molecule has 2 rings (SSSR count). The number of sulfone groups is 1. The molecule has 158 valence electrons. The summed E-state index contributed by atoms with van der Waals surface area (Å²) >= 11 is 0. The number of guanidine groups is 1. The molecule has 0 spiro atoms. The van der Waals surface area contributed by atoms with E-state index in [9.17, 15) is 18.5 Å². The van der Waals surface area contributed by atoms with Crippen molar-refractivity contribution >= 4 is 51.1 Å². The van der Waals surface area contributed by atoms with Crippen LogP contribution in [-0.2, 0) is 9.84 Å². The number of nitro groups is 1. The SMILES string of the molecule is CCNC(=NCCNc1ccccc1[N+](=O)[O-])N1CCS(=O)(=O)C(C)(C)C1.I. The Morgan fingerprint density at radius 2 is 2.04 bits per heavy atom. The predicted molar refractivity (Wildman–Crippen MR) is 122 cm³/mol. The third-order valence-corrected chi connectivity index (χ3v) is 7.00. The van der Waals surface area contributed by atoms with Gasteiger partial charge in [-0.25, -0.2) is 8.42 Å². The third kappa shape index (κ3) is 5.93. The van der Waals surface area contributed by atoms with E-state index in [-0.39, 0.29) is 35.4 Å². The molecule has 0 amide bonds. The van der Waals surface area contributed by atoms with E-state index in [2.05, 4.69) is 15.6 Å². The van der Waals surface area contributed by atoms with Crippen molar-refractivity contribution in [2.75, 3.05) is 43.8 Å². The Morgan fingerprint density at radius 3 is 2.64 bits per heavy atom. The van der Waals surface area contributed by atoms with Gasteiger partial charge in [-0.3, -0.25) is 15.1 Å². The van der Waals surface area contributed by atoms with E-state index in [1.54, 1.807) is 32.0 Å². The molecule has 0 radical (unpaired) electrons. The highest BCUT2D eigenvalue weighted by molar-refractivity contribution is 14.0. The summed E-state index contributed by atoms with van der Waals surface area (Å²) in [7, 11) is -3.12. The Labute approximate surface area is 183 Å². The topological polar surface area (TPSA) is 117 Å². The Bertz CT molecular complexity index is 814. The minimum absolute atomic E-state index is 0. The molecule has 11 heteroatoms. The number of benzene rings is 1. The zero-order chi connectivity index (χ0) is 20.1. The van der Waals surface area contributed by atoms with Gasteiger partial charge in [-0.05, 0) is 26.8 Å². The molecular weight excluding hydrogens is 497 g/mol. The normalized spacial score (nSPS) is 18.1. The largest absolute Gasteiger partial charge is 0.378 e. The number of aliphatic imine (C=N–C) groups is 1. The van der Waals surface area contributed by atoms with Crippen molar-refractivity contribution in [3.05, 3.63) is 34.4 Å². The summed E-state index contributed by atoms with van der Waals surface area (Å²) < 4.78 is 23.5. The van der Waals surface area contributed by atoms with Crippen LogP contribution in [0.4, 0.5) is 11.4 Å². The van der Waals surface area contributed by atoms with Gasteiger partial charge in [0.25, 0.3) is 5.69 Å². The maximum Gasteiger partial charge on any atom is 0.292 e. The Kier molecular flexibility index (Phi) is 8.92. The van der Waals surface area contributed by atoms with Crippen LogP contribution >= 0.6 is 24.0 Å². The first-order valence-electron chi connectivity index (χ1n) is 8.91. The zero-order valence-corrected chi connectivity index (χ0v) is 19.5. The van der Waals surface area contributed by atoms with Gasteiger partial charge in [0.1, 0.15) is 5.69 Å². The van der Waals surface area contributed by atoms with Crippen molar-refractivity contribution in [2.45, 2.75) is 25.5 Å². The number of para-hydroxylation sites is 2. The molecule has 1 saturated heterocycles. The van der Waals surface area contributed by atoms with Crippen LogP contribution in [0.25, 0.3) is 0 Å². The van der Waals surface area contributed by atoms with Crippen LogP contribution in [0.2, 0.25) is 0 Å². The van der Waals surface area contributed by atoms with E-state index in [1.807, 2.05) is 11.8 Å². The maximum atomic E-state index is 12.2. The molecule has 0 aromatic heterocycles. The summed E-state index contributed by atoms with van der Waals surface area (Å²) in [6.07, 6.45) is 0. The highest BCUT2D eigenvalue weighted by Crippen LogP contribution is 2.24. The van der Waals surface area contributed by atoms with E-state index < -0.39 is 19.5 Å². The van der Waals surface area contributed by atoms with E-state index in [4.69, 9.17) is 0 Å². The first-order chi connectivity index (χ1) is 12.7. The van der Waals surface area contributed by atoms with Gasteiger partial charge in [0.2, 0.25) is 0 Å². The van der Waals surface area contributed by atoms with Gasteiger partial charge >= 0.3 is 0 Å². The smallest absolute Gasteiger partial charge is 0.292 e. The van der Waals surface area contributed by atoms with Gasteiger partial charge in [-0.15, -0.1) is 24.0 Å². The van der Waals surface area contributed by atoms with Crippen molar-refractivity contribution < 1.29 is 13.3 Å². The second-order valence-electron chi connectivity index (χ2n) is 6.94. The van der Waals surface area contributed by atoms with Crippen LogP contribution in [0.3, 0.4) is 0 Å². The van der Waals surface area contributed by atoms with Crippen LogP contribution < -0.4 is 10.6 Å². The fourth-order valence-corrected chi connectivity index (χ4v) is 4.25. The molecule has 28 heavy (non-hydrogen) atoms. The van der Waals surface area contributed by atoms with Gasteiger partial charge in [0.05, 0.1) is 22.0 Å². The summed E-state index contributed by atoms with van der Waals surface area (Å²) in [6, 6.07) is 6.47. The molecule has 1 fully saturated rings. The first kappa shape index (κ1) is 24.4. The van der Waals surface area contributed by atoms with Crippen molar-refractivity contribution in [2.24, 2.45) is 4.99 Å². The molecule has 2 N–H and O–H groups in total. The number of hydrogen-bond donors (Lipinski definition) is 2. The standard InChI is InChI=1S/C17H27N5O4S.HI/c1-4-18-16(21-11-12-27(25,26)17(2,3)13-21)20-10-9-19-14-7-5-6-8-15(14)22(23)24;/h5-8,19H,4,9-13H2,1-3H3,(H,18,20);1H. The molecule has 1 aliphatic rings. The highest BCUT2D eigenvalue weighted by atomic mass is 127. The fraction of sp³-hybridized carbons (Fsp3) is 0.588. The Hall–Kier alpha value is -1.63. The minimum Gasteiger partial charge on any atom is -0.378 e. The molecule has 9 nitrogen and oxygen atoms in total. The summed E-state index contributed by atoms with van der Waals surface area (Å²) in [5.41, 5.74) is 0.476. The monoisotopic (exact) mass is 525 g/mol. The molecule has 0 unspecified atom stereocenters. The van der Waals surface area contributed by atoms with Crippen molar-refractivity contribution in [3.63, 3.8) is 0 Å². The predicted octanol–water partition coefficient (Wildman–Crippen LogP) is 2.10. The van der Waals surface area contributed by atoms with Crippen LogP contribution in [0.5, 0.6) is 0 Å². The molecular formula is C17H28IN5O4S. The number of halogens is 1. The quantitative estimate of drug-likeness (QED) is 0.146. The highest BCUT2D eigenvalue weighted by Gasteiger charge is 2.40. The van der Waals surface area contributed by atoms with Gasteiger partial charge in [-0.2, -0.15) is 0 Å². The third-order valence-electron chi connectivity index (χ3n) is 4.47. The van der Waals surface area contributed by atoms with E-state index in [1.165, 1.54) is 6.07 Å². The zero-order valence-electron chi connectivity index (χ0n) is 16.3. The average molecular weight is 525 g/mol. The van der Waals surface area contributed by atoms with Crippen molar-refractivity contribution in [3.8, 4) is 0 Å². The molecule has 1 aromatic carbocycles.